The van der Waals surface area contributed by atoms with Gasteiger partial charge in [-0.2, -0.15) is 0 Å². The zero-order valence-corrected chi connectivity index (χ0v) is 13.2. The Morgan fingerprint density at radius 3 is 2.35 bits per heavy atom. The van der Waals surface area contributed by atoms with Crippen LogP contribution in [0.2, 0.25) is 0 Å². The van der Waals surface area contributed by atoms with Crippen LogP contribution >= 0.6 is 0 Å². The molecule has 0 saturated carbocycles. The van der Waals surface area contributed by atoms with Crippen molar-refractivity contribution in [3.05, 3.63) is 72.9 Å². The molecule has 1 aromatic rings. The molecule has 0 saturated heterocycles. The molecule has 0 aromatic heterocycles. The molecule has 0 N–H and O–H groups in total. The third-order valence-corrected chi connectivity index (χ3v) is 3.43. The van der Waals surface area contributed by atoms with Gasteiger partial charge in [0.2, 0.25) is 0 Å². The Morgan fingerprint density at radius 1 is 1.05 bits per heavy atom. The SMILES string of the molecule is C=C/C=C\C=C/CC(CCC(C)(C)C)c1ccccc1. The monoisotopic (exact) mass is 268 g/mol. The number of benzene rings is 1. The molecule has 0 heterocycles. The van der Waals surface area contributed by atoms with E-state index in [1.165, 1.54) is 18.4 Å². The van der Waals surface area contributed by atoms with E-state index in [1.807, 2.05) is 12.2 Å². The first-order valence-corrected chi connectivity index (χ1v) is 7.52. The third-order valence-electron chi connectivity index (χ3n) is 3.43. The summed E-state index contributed by atoms with van der Waals surface area (Å²) in [6.45, 7) is 10.6. The van der Waals surface area contributed by atoms with E-state index in [0.717, 1.165) is 6.42 Å². The van der Waals surface area contributed by atoms with Gasteiger partial charge in [-0.1, -0.05) is 88.1 Å². The van der Waals surface area contributed by atoms with Crippen LogP contribution in [0.25, 0.3) is 0 Å². The van der Waals surface area contributed by atoms with E-state index in [2.05, 4.69) is 69.8 Å². The van der Waals surface area contributed by atoms with Crippen LogP contribution in [0.3, 0.4) is 0 Å². The molecule has 0 amide bonds. The van der Waals surface area contributed by atoms with Crippen molar-refractivity contribution in [2.75, 3.05) is 0 Å². The molecule has 0 bridgehead atoms. The lowest BCUT2D eigenvalue weighted by atomic mass is 9.83. The summed E-state index contributed by atoms with van der Waals surface area (Å²) < 4.78 is 0. The van der Waals surface area contributed by atoms with Crippen LogP contribution in [-0.2, 0) is 0 Å². The van der Waals surface area contributed by atoms with Crippen LogP contribution in [0.4, 0.5) is 0 Å². The van der Waals surface area contributed by atoms with Gasteiger partial charge >= 0.3 is 0 Å². The first kappa shape index (κ1) is 16.5. The molecule has 0 spiro atoms. The summed E-state index contributed by atoms with van der Waals surface area (Å²) in [5.74, 6) is 0.615. The van der Waals surface area contributed by atoms with Crippen molar-refractivity contribution in [3.63, 3.8) is 0 Å². The van der Waals surface area contributed by atoms with E-state index < -0.39 is 0 Å². The highest BCUT2D eigenvalue weighted by Gasteiger charge is 2.15. The minimum atomic E-state index is 0.402. The van der Waals surface area contributed by atoms with Crippen molar-refractivity contribution < 1.29 is 0 Å². The first-order valence-electron chi connectivity index (χ1n) is 7.52. The lowest BCUT2D eigenvalue weighted by Gasteiger charge is -2.22. The third kappa shape index (κ3) is 7.13. The van der Waals surface area contributed by atoms with Crippen molar-refractivity contribution in [3.8, 4) is 0 Å². The Hall–Kier alpha value is -1.56. The van der Waals surface area contributed by atoms with Crippen LogP contribution in [0.5, 0.6) is 0 Å². The topological polar surface area (TPSA) is 0 Å². The summed E-state index contributed by atoms with van der Waals surface area (Å²) in [5.41, 5.74) is 1.86. The van der Waals surface area contributed by atoms with E-state index >= 15 is 0 Å². The van der Waals surface area contributed by atoms with Gasteiger partial charge in [0.1, 0.15) is 0 Å². The molecule has 1 atom stereocenters. The average Bonchev–Trinajstić information content (AvgIpc) is 2.42. The van der Waals surface area contributed by atoms with E-state index in [-0.39, 0.29) is 0 Å². The maximum Gasteiger partial charge on any atom is -0.0127 e. The Kier molecular flexibility index (Phi) is 7.08. The lowest BCUT2D eigenvalue weighted by Crippen LogP contribution is -2.08. The second-order valence-corrected chi connectivity index (χ2v) is 6.49. The van der Waals surface area contributed by atoms with E-state index in [0.29, 0.717) is 11.3 Å². The van der Waals surface area contributed by atoms with Gasteiger partial charge in [0.15, 0.2) is 0 Å². The molecule has 1 aromatic carbocycles. The molecule has 1 unspecified atom stereocenters. The molecule has 0 aliphatic carbocycles. The molecule has 0 heteroatoms. The maximum absolute atomic E-state index is 3.68. The molecule has 0 radical (unpaired) electrons. The van der Waals surface area contributed by atoms with Crippen LogP contribution < -0.4 is 0 Å². The molecule has 1 rings (SSSR count). The van der Waals surface area contributed by atoms with Gasteiger partial charge in [0.25, 0.3) is 0 Å². The van der Waals surface area contributed by atoms with E-state index in [9.17, 15) is 0 Å². The smallest absolute Gasteiger partial charge is 0.0127 e. The molecule has 0 nitrogen and oxygen atoms in total. The summed E-state index contributed by atoms with van der Waals surface area (Å²) in [7, 11) is 0. The zero-order chi connectivity index (χ0) is 14.8. The van der Waals surface area contributed by atoms with Gasteiger partial charge in [-0.15, -0.1) is 0 Å². The van der Waals surface area contributed by atoms with Crippen LogP contribution in [0.15, 0.2) is 67.3 Å². The lowest BCUT2D eigenvalue weighted by molar-refractivity contribution is 0.348. The van der Waals surface area contributed by atoms with Crippen molar-refractivity contribution in [1.82, 2.24) is 0 Å². The standard InChI is InChI=1S/C20H28/c1-5-6-7-8-10-15-19(16-17-20(2,3)4)18-13-11-9-12-14-18/h5-14,19H,1,15-17H2,2-4H3/b7-6-,10-8-. The molecule has 20 heavy (non-hydrogen) atoms. The van der Waals surface area contributed by atoms with Gasteiger partial charge in [-0.25, -0.2) is 0 Å². The average molecular weight is 268 g/mol. The predicted molar refractivity (Wildman–Crippen MR) is 91.0 cm³/mol. The Bertz CT molecular complexity index is 429. The number of allylic oxidation sites excluding steroid dienone is 5. The Morgan fingerprint density at radius 2 is 1.75 bits per heavy atom. The Balaban J connectivity index is 2.67. The van der Waals surface area contributed by atoms with Crippen LogP contribution in [0, 0.1) is 5.41 Å². The summed E-state index contributed by atoms with van der Waals surface area (Å²) in [5, 5.41) is 0. The van der Waals surface area contributed by atoms with Crippen molar-refractivity contribution in [2.24, 2.45) is 5.41 Å². The highest BCUT2D eigenvalue weighted by atomic mass is 14.2. The number of rotatable bonds is 7. The molecule has 0 fully saturated rings. The van der Waals surface area contributed by atoms with Gasteiger partial charge in [0, 0.05) is 0 Å². The van der Waals surface area contributed by atoms with Gasteiger partial charge < -0.3 is 0 Å². The summed E-state index contributed by atoms with van der Waals surface area (Å²) in [6, 6.07) is 10.9. The van der Waals surface area contributed by atoms with Crippen molar-refractivity contribution >= 4 is 0 Å². The molecular weight excluding hydrogens is 240 g/mol. The largest absolute Gasteiger partial charge is 0.0991 e. The Labute approximate surface area is 124 Å². The van der Waals surface area contributed by atoms with Gasteiger partial charge in [-0.3, -0.25) is 0 Å². The minimum Gasteiger partial charge on any atom is -0.0991 e. The fourth-order valence-electron chi connectivity index (χ4n) is 2.22. The molecule has 108 valence electrons. The maximum atomic E-state index is 3.68. The normalized spacial score (nSPS) is 13.9. The quantitative estimate of drug-likeness (QED) is 0.510. The van der Waals surface area contributed by atoms with Gasteiger partial charge in [0.05, 0.1) is 0 Å². The molecule has 0 aliphatic heterocycles. The highest BCUT2D eigenvalue weighted by molar-refractivity contribution is 5.21. The van der Waals surface area contributed by atoms with Crippen molar-refractivity contribution in [1.29, 1.82) is 0 Å². The van der Waals surface area contributed by atoms with E-state index in [4.69, 9.17) is 0 Å². The van der Waals surface area contributed by atoms with E-state index in [1.54, 1.807) is 6.08 Å². The number of hydrogen-bond donors (Lipinski definition) is 0. The summed E-state index contributed by atoms with van der Waals surface area (Å²) >= 11 is 0. The van der Waals surface area contributed by atoms with Crippen LogP contribution in [-0.4, -0.2) is 0 Å². The predicted octanol–water partition coefficient (Wildman–Crippen LogP) is 6.29. The first-order chi connectivity index (χ1) is 9.53. The second kappa shape index (κ2) is 8.58. The highest BCUT2D eigenvalue weighted by Crippen LogP contribution is 2.31. The van der Waals surface area contributed by atoms with Crippen molar-refractivity contribution in [2.45, 2.75) is 46.0 Å². The minimum absolute atomic E-state index is 0.402. The fraction of sp³-hybridized carbons (Fsp3) is 0.400. The van der Waals surface area contributed by atoms with Gasteiger partial charge in [-0.05, 0) is 36.2 Å². The fourth-order valence-corrected chi connectivity index (χ4v) is 2.22. The second-order valence-electron chi connectivity index (χ2n) is 6.49. The zero-order valence-electron chi connectivity index (χ0n) is 13.2. The summed E-state index contributed by atoms with van der Waals surface area (Å²) in [6.07, 6.45) is 13.8. The van der Waals surface area contributed by atoms with Crippen LogP contribution in [0.1, 0.15) is 51.5 Å². The molecular formula is C20H28. The number of hydrogen-bond acceptors (Lipinski definition) is 0. The molecule has 0 aliphatic rings. The summed E-state index contributed by atoms with van der Waals surface area (Å²) in [4.78, 5) is 0.